The van der Waals surface area contributed by atoms with Crippen molar-refractivity contribution >= 4 is 0 Å². The first-order chi connectivity index (χ1) is 10.3. The van der Waals surface area contributed by atoms with Gasteiger partial charge in [-0.15, -0.1) is 12.8 Å². The van der Waals surface area contributed by atoms with Gasteiger partial charge in [0.25, 0.3) is 0 Å². The number of allylic oxidation sites excluding steroid dienone is 2. The molecule has 2 nitrogen and oxygen atoms in total. The first-order valence-electron chi connectivity index (χ1n) is 7.59. The van der Waals surface area contributed by atoms with Crippen molar-refractivity contribution in [3.8, 4) is 18.6 Å². The lowest BCUT2D eigenvalue weighted by Crippen LogP contribution is -2.28. The quantitative estimate of drug-likeness (QED) is 0.536. The Morgan fingerprint density at radius 3 is 2.00 bits per heavy atom. The molecule has 0 bridgehead atoms. The first kappa shape index (κ1) is 21.6. The first-order valence-corrected chi connectivity index (χ1v) is 7.59. The van der Waals surface area contributed by atoms with Crippen LogP contribution < -0.4 is 4.74 Å². The van der Waals surface area contributed by atoms with E-state index in [1.807, 2.05) is 56.3 Å². The number of terminal acetylenes is 1. The molecule has 0 radical (unpaired) electrons. The summed E-state index contributed by atoms with van der Waals surface area (Å²) in [7, 11) is 0. The fourth-order valence-corrected chi connectivity index (χ4v) is 1.55. The van der Waals surface area contributed by atoms with Crippen LogP contribution in [0.4, 0.5) is 0 Å². The van der Waals surface area contributed by atoms with Gasteiger partial charge in [0.05, 0.1) is 0 Å². The monoisotopic (exact) mass is 289 g/mol. The maximum atomic E-state index is 5.64. The van der Waals surface area contributed by atoms with Gasteiger partial charge in [-0.25, -0.2) is 0 Å². The zero-order chi connectivity index (χ0) is 16.3. The molecule has 0 spiro atoms. The number of hydrogen-bond acceptors (Lipinski definition) is 2. The van der Waals surface area contributed by atoms with Gasteiger partial charge >= 0.3 is 0 Å². The van der Waals surface area contributed by atoms with E-state index in [2.05, 4.69) is 31.6 Å². The van der Waals surface area contributed by atoms with Crippen molar-refractivity contribution in [3.63, 3.8) is 0 Å². The van der Waals surface area contributed by atoms with Crippen LogP contribution in [0.3, 0.4) is 0 Å². The average molecular weight is 289 g/mol. The van der Waals surface area contributed by atoms with Crippen molar-refractivity contribution in [3.05, 3.63) is 42.5 Å². The van der Waals surface area contributed by atoms with Gasteiger partial charge in [-0.1, -0.05) is 44.2 Å². The minimum absolute atomic E-state index is 0.776. The molecule has 2 heteroatoms. The second kappa shape index (κ2) is 18.3. The molecule has 0 heterocycles. The van der Waals surface area contributed by atoms with E-state index in [9.17, 15) is 0 Å². The highest BCUT2D eigenvalue weighted by Gasteiger charge is 2.00. The van der Waals surface area contributed by atoms with Crippen LogP contribution in [-0.2, 0) is 0 Å². The molecule has 1 aromatic carbocycles. The second-order valence-corrected chi connectivity index (χ2v) is 4.26. The molecule has 0 saturated carbocycles. The molecule has 118 valence electrons. The third kappa shape index (κ3) is 14.5. The molecule has 0 N–H and O–H groups in total. The van der Waals surface area contributed by atoms with E-state index in [1.54, 1.807) is 0 Å². The summed E-state index contributed by atoms with van der Waals surface area (Å²) in [6, 6.07) is 9.99. The molecule has 0 aliphatic rings. The summed E-state index contributed by atoms with van der Waals surface area (Å²) in [6.07, 6.45) is 13.2. The Hall–Kier alpha value is -1.72. The summed E-state index contributed by atoms with van der Waals surface area (Å²) in [6.45, 7) is 12.5. The van der Waals surface area contributed by atoms with E-state index in [4.69, 9.17) is 4.74 Å². The molecule has 0 saturated heterocycles. The lowest BCUT2D eigenvalue weighted by atomic mass is 10.3. The average Bonchev–Trinajstić information content (AvgIpc) is 2.57. The van der Waals surface area contributed by atoms with E-state index in [-0.39, 0.29) is 0 Å². The van der Waals surface area contributed by atoms with E-state index in [1.165, 1.54) is 6.42 Å². The standard InChI is InChI=1S/C13H21NO.C4H8.C2H2/c1-3-10-14(4-2)11-12-15-13-8-6-5-7-9-13;1-3-4-2;1-2/h5-9H,3-4,10-12H2,1-2H3;3-4H,1-2H3;1-2H/b;4-3+;. The van der Waals surface area contributed by atoms with Gasteiger partial charge in [-0.3, -0.25) is 0 Å². The molecule has 0 unspecified atom stereocenters. The van der Waals surface area contributed by atoms with Crippen LogP contribution in [0.1, 0.15) is 34.1 Å². The highest BCUT2D eigenvalue weighted by atomic mass is 16.5. The Balaban J connectivity index is 0. The van der Waals surface area contributed by atoms with Crippen LogP contribution in [-0.4, -0.2) is 31.1 Å². The van der Waals surface area contributed by atoms with Crippen molar-refractivity contribution in [2.24, 2.45) is 0 Å². The predicted octanol–water partition coefficient (Wildman–Crippen LogP) is 4.63. The molecule has 1 aromatic rings. The predicted molar refractivity (Wildman–Crippen MR) is 94.7 cm³/mol. The van der Waals surface area contributed by atoms with Crippen molar-refractivity contribution in [1.82, 2.24) is 4.90 Å². The zero-order valence-corrected chi connectivity index (χ0v) is 14.1. The molecule has 0 aromatic heterocycles. The molecular weight excluding hydrogens is 258 g/mol. The zero-order valence-electron chi connectivity index (χ0n) is 14.1. The lowest BCUT2D eigenvalue weighted by molar-refractivity contribution is 0.216. The maximum Gasteiger partial charge on any atom is 0.119 e. The SMILES string of the molecule is C#C.C/C=C/C.CCCN(CC)CCOc1ccccc1. The number of rotatable bonds is 7. The summed E-state index contributed by atoms with van der Waals surface area (Å²) in [4.78, 5) is 2.41. The Labute approximate surface area is 131 Å². The molecular formula is C19H31NO. The smallest absolute Gasteiger partial charge is 0.119 e. The van der Waals surface area contributed by atoms with Crippen LogP contribution in [0.25, 0.3) is 0 Å². The summed E-state index contributed by atoms with van der Waals surface area (Å²) in [5.41, 5.74) is 0. The number of nitrogens with zero attached hydrogens (tertiary/aromatic N) is 1. The molecule has 0 amide bonds. The van der Waals surface area contributed by atoms with E-state index < -0.39 is 0 Å². The Bertz CT molecular complexity index is 339. The van der Waals surface area contributed by atoms with Gasteiger partial charge in [-0.2, -0.15) is 0 Å². The highest BCUT2D eigenvalue weighted by Crippen LogP contribution is 2.07. The number of hydrogen-bond donors (Lipinski definition) is 0. The summed E-state index contributed by atoms with van der Waals surface area (Å²) in [5.74, 6) is 0.963. The van der Waals surface area contributed by atoms with Crippen LogP contribution in [0.2, 0.25) is 0 Å². The second-order valence-electron chi connectivity index (χ2n) is 4.26. The number of ether oxygens (including phenoxy) is 1. The number of benzene rings is 1. The summed E-state index contributed by atoms with van der Waals surface area (Å²) in [5, 5.41) is 0. The fraction of sp³-hybridized carbons (Fsp3) is 0.474. The Kier molecular flexibility index (Phi) is 18.8. The van der Waals surface area contributed by atoms with Gasteiger partial charge in [0.1, 0.15) is 12.4 Å². The number of likely N-dealkylation sites (N-methyl/N-ethyl adjacent to an activating group) is 1. The largest absolute Gasteiger partial charge is 0.492 e. The number of para-hydroxylation sites is 1. The molecule has 1 rings (SSSR count). The Morgan fingerprint density at radius 1 is 1.00 bits per heavy atom. The van der Waals surface area contributed by atoms with Crippen LogP contribution in [0.15, 0.2) is 42.5 Å². The van der Waals surface area contributed by atoms with Crippen LogP contribution in [0.5, 0.6) is 5.75 Å². The summed E-state index contributed by atoms with van der Waals surface area (Å²) < 4.78 is 5.64. The van der Waals surface area contributed by atoms with Gasteiger partial charge in [0.15, 0.2) is 0 Å². The maximum absolute atomic E-state index is 5.64. The van der Waals surface area contributed by atoms with Crippen LogP contribution >= 0.6 is 0 Å². The highest BCUT2D eigenvalue weighted by molar-refractivity contribution is 5.20. The molecule has 0 atom stereocenters. The van der Waals surface area contributed by atoms with Crippen molar-refractivity contribution in [2.45, 2.75) is 34.1 Å². The summed E-state index contributed by atoms with van der Waals surface area (Å²) >= 11 is 0. The minimum atomic E-state index is 0.776. The van der Waals surface area contributed by atoms with Gasteiger partial charge in [0, 0.05) is 6.54 Å². The minimum Gasteiger partial charge on any atom is -0.492 e. The molecule has 0 fully saturated rings. The topological polar surface area (TPSA) is 12.5 Å². The molecule has 0 aliphatic heterocycles. The Morgan fingerprint density at radius 2 is 1.57 bits per heavy atom. The normalized spacial score (nSPS) is 9.48. The third-order valence-corrected chi connectivity index (χ3v) is 2.74. The third-order valence-electron chi connectivity index (χ3n) is 2.74. The fourth-order valence-electron chi connectivity index (χ4n) is 1.55. The van der Waals surface area contributed by atoms with Crippen molar-refractivity contribution < 1.29 is 4.74 Å². The van der Waals surface area contributed by atoms with Crippen LogP contribution in [0, 0.1) is 12.8 Å². The van der Waals surface area contributed by atoms with Gasteiger partial charge < -0.3 is 9.64 Å². The molecule has 21 heavy (non-hydrogen) atoms. The van der Waals surface area contributed by atoms with Gasteiger partial charge in [-0.05, 0) is 45.5 Å². The van der Waals surface area contributed by atoms with E-state index >= 15 is 0 Å². The molecule has 0 aliphatic carbocycles. The van der Waals surface area contributed by atoms with Crippen molar-refractivity contribution in [1.29, 1.82) is 0 Å². The lowest BCUT2D eigenvalue weighted by Gasteiger charge is -2.19. The van der Waals surface area contributed by atoms with Crippen molar-refractivity contribution in [2.75, 3.05) is 26.2 Å². The van der Waals surface area contributed by atoms with E-state index in [0.29, 0.717) is 0 Å². The van der Waals surface area contributed by atoms with E-state index in [0.717, 1.165) is 32.0 Å². The van der Waals surface area contributed by atoms with Gasteiger partial charge in [0.2, 0.25) is 0 Å².